The zero-order valence-electron chi connectivity index (χ0n) is 14.9. The highest BCUT2D eigenvalue weighted by Gasteiger charge is 2.26. The molecule has 1 amide bonds. The Morgan fingerprint density at radius 3 is 2.59 bits per heavy atom. The van der Waals surface area contributed by atoms with E-state index in [0.29, 0.717) is 29.2 Å². The van der Waals surface area contributed by atoms with Gasteiger partial charge in [-0.2, -0.15) is 4.31 Å². The molecule has 27 heavy (non-hydrogen) atoms. The molecular weight excluding hydrogens is 432 g/mol. The van der Waals surface area contributed by atoms with Crippen molar-refractivity contribution in [2.24, 2.45) is 0 Å². The number of sulfonamides is 1. The molecule has 1 aliphatic rings. The number of anilines is 1. The van der Waals surface area contributed by atoms with Gasteiger partial charge in [0.15, 0.2) is 4.67 Å². The van der Waals surface area contributed by atoms with E-state index in [1.807, 2.05) is 6.92 Å². The Morgan fingerprint density at radius 2 is 1.93 bits per heavy atom. The number of amides is 1. The zero-order valence-corrected chi connectivity index (χ0v) is 17.3. The van der Waals surface area contributed by atoms with Crippen LogP contribution in [0.3, 0.4) is 0 Å². The van der Waals surface area contributed by atoms with Gasteiger partial charge in [-0.25, -0.2) is 8.42 Å². The van der Waals surface area contributed by atoms with E-state index in [-0.39, 0.29) is 10.8 Å². The second-order valence-electron chi connectivity index (χ2n) is 6.41. The van der Waals surface area contributed by atoms with E-state index >= 15 is 0 Å². The summed E-state index contributed by atoms with van der Waals surface area (Å²) in [7, 11) is -3.55. The van der Waals surface area contributed by atoms with E-state index in [9.17, 15) is 13.2 Å². The van der Waals surface area contributed by atoms with Gasteiger partial charge in [0.25, 0.3) is 0 Å². The van der Waals surface area contributed by atoms with Crippen LogP contribution >= 0.6 is 15.9 Å². The molecule has 144 valence electrons. The summed E-state index contributed by atoms with van der Waals surface area (Å²) >= 11 is 3.20. The molecule has 3 rings (SSSR count). The third kappa shape index (κ3) is 4.88. The first-order valence-corrected chi connectivity index (χ1v) is 10.9. The highest BCUT2D eigenvalue weighted by Crippen LogP contribution is 2.25. The molecule has 1 N–H and O–H groups in total. The Hall–Kier alpha value is -1.90. The summed E-state index contributed by atoms with van der Waals surface area (Å²) in [5.74, 6) is 0.174. The summed E-state index contributed by atoms with van der Waals surface area (Å²) < 4.78 is 33.1. The molecular formula is C19H21BrN2O4S. The SMILES string of the molecule is Cc1ccc(S(=O)(=O)N2CCCCC2)cc1NC(=O)C=Cc1ccc(Br)o1. The third-order valence-electron chi connectivity index (χ3n) is 4.41. The van der Waals surface area contributed by atoms with E-state index in [2.05, 4.69) is 21.2 Å². The van der Waals surface area contributed by atoms with Crippen LogP contribution in [0.4, 0.5) is 5.69 Å². The summed E-state index contributed by atoms with van der Waals surface area (Å²) in [4.78, 5) is 12.4. The standard InChI is InChI=1S/C19H21BrN2O4S/c1-14-5-8-16(27(24,25)22-11-3-2-4-12-22)13-17(14)21-19(23)10-7-15-6-9-18(20)26-15/h5-10,13H,2-4,11-12H2,1H3,(H,21,23). The van der Waals surface area contributed by atoms with Crippen LogP contribution in [0.25, 0.3) is 6.08 Å². The van der Waals surface area contributed by atoms with Gasteiger partial charge in [0.1, 0.15) is 5.76 Å². The van der Waals surface area contributed by atoms with Crippen molar-refractivity contribution in [1.82, 2.24) is 4.31 Å². The number of benzene rings is 1. The first-order chi connectivity index (χ1) is 12.9. The monoisotopic (exact) mass is 452 g/mol. The first kappa shape index (κ1) is 19.9. The molecule has 0 bridgehead atoms. The number of furan rings is 1. The molecule has 2 aromatic rings. The molecule has 0 spiro atoms. The minimum atomic E-state index is -3.55. The largest absolute Gasteiger partial charge is 0.450 e. The van der Waals surface area contributed by atoms with Crippen LogP contribution in [0.5, 0.6) is 0 Å². The lowest BCUT2D eigenvalue weighted by Crippen LogP contribution is -2.35. The van der Waals surface area contributed by atoms with E-state index < -0.39 is 10.0 Å². The number of hydrogen-bond donors (Lipinski definition) is 1. The summed E-state index contributed by atoms with van der Waals surface area (Å²) in [6.07, 6.45) is 5.70. The van der Waals surface area contributed by atoms with Crippen LogP contribution in [0.15, 0.2) is 50.4 Å². The fourth-order valence-corrected chi connectivity index (χ4v) is 4.76. The van der Waals surface area contributed by atoms with Crippen LogP contribution in [-0.2, 0) is 14.8 Å². The van der Waals surface area contributed by atoms with Gasteiger partial charge in [0.2, 0.25) is 15.9 Å². The van der Waals surface area contributed by atoms with Crippen molar-refractivity contribution in [3.8, 4) is 0 Å². The van der Waals surface area contributed by atoms with Crippen LogP contribution in [0, 0.1) is 6.92 Å². The van der Waals surface area contributed by atoms with Crippen molar-refractivity contribution in [3.05, 3.63) is 52.4 Å². The molecule has 1 aromatic carbocycles. The zero-order chi connectivity index (χ0) is 19.4. The number of rotatable bonds is 5. The number of piperidine rings is 1. The lowest BCUT2D eigenvalue weighted by Gasteiger charge is -2.26. The average Bonchev–Trinajstić information content (AvgIpc) is 3.08. The molecule has 1 aliphatic heterocycles. The molecule has 8 heteroatoms. The smallest absolute Gasteiger partial charge is 0.248 e. The molecule has 0 radical (unpaired) electrons. The van der Waals surface area contributed by atoms with Crippen molar-refractivity contribution in [3.63, 3.8) is 0 Å². The van der Waals surface area contributed by atoms with Crippen LogP contribution in [-0.4, -0.2) is 31.7 Å². The summed E-state index contributed by atoms with van der Waals surface area (Å²) in [5, 5.41) is 2.74. The maximum absolute atomic E-state index is 12.8. The molecule has 0 atom stereocenters. The predicted octanol–water partition coefficient (Wildman–Crippen LogP) is 4.18. The molecule has 1 saturated heterocycles. The molecule has 1 aromatic heterocycles. The number of carbonyl (C=O) groups excluding carboxylic acids is 1. The highest BCUT2D eigenvalue weighted by atomic mass is 79.9. The summed E-state index contributed by atoms with van der Waals surface area (Å²) in [6, 6.07) is 8.28. The predicted molar refractivity (Wildman–Crippen MR) is 108 cm³/mol. The Bertz CT molecular complexity index is 960. The number of hydrogen-bond acceptors (Lipinski definition) is 4. The average molecular weight is 453 g/mol. The maximum atomic E-state index is 12.8. The molecule has 0 saturated carbocycles. The molecule has 6 nitrogen and oxygen atoms in total. The van der Waals surface area contributed by atoms with E-state index in [1.54, 1.807) is 30.3 Å². The van der Waals surface area contributed by atoms with Gasteiger partial charge in [0.05, 0.1) is 4.90 Å². The summed E-state index contributed by atoms with van der Waals surface area (Å²) in [6.45, 7) is 2.90. The second-order valence-corrected chi connectivity index (χ2v) is 9.13. The molecule has 0 aliphatic carbocycles. The first-order valence-electron chi connectivity index (χ1n) is 8.71. The van der Waals surface area contributed by atoms with Gasteiger partial charge in [-0.15, -0.1) is 0 Å². The maximum Gasteiger partial charge on any atom is 0.248 e. The minimum Gasteiger partial charge on any atom is -0.450 e. The highest BCUT2D eigenvalue weighted by molar-refractivity contribution is 9.10. The van der Waals surface area contributed by atoms with Gasteiger partial charge in [-0.05, 0) is 71.6 Å². The van der Waals surface area contributed by atoms with Gasteiger partial charge in [-0.3, -0.25) is 4.79 Å². The van der Waals surface area contributed by atoms with Crippen molar-refractivity contribution in [1.29, 1.82) is 0 Å². The van der Waals surface area contributed by atoms with Crippen LogP contribution in [0.1, 0.15) is 30.6 Å². The normalized spacial score (nSPS) is 15.9. The Kier molecular flexibility index (Phi) is 6.18. The lowest BCUT2D eigenvalue weighted by molar-refractivity contribution is -0.111. The minimum absolute atomic E-state index is 0.198. The van der Waals surface area contributed by atoms with Gasteiger partial charge in [-0.1, -0.05) is 12.5 Å². The fourth-order valence-electron chi connectivity index (χ4n) is 2.90. The summed E-state index contributed by atoms with van der Waals surface area (Å²) in [5.41, 5.74) is 1.26. The fraction of sp³-hybridized carbons (Fsp3) is 0.316. The van der Waals surface area contributed by atoms with Crippen molar-refractivity contribution < 1.29 is 17.6 Å². The number of nitrogens with one attached hydrogen (secondary N) is 1. The number of aryl methyl sites for hydroxylation is 1. The Morgan fingerprint density at radius 1 is 1.19 bits per heavy atom. The van der Waals surface area contributed by atoms with E-state index in [0.717, 1.165) is 24.8 Å². The molecule has 1 fully saturated rings. The number of halogens is 1. The molecule has 2 heterocycles. The van der Waals surface area contributed by atoms with Gasteiger partial charge in [0, 0.05) is 24.9 Å². The van der Waals surface area contributed by atoms with Crippen LogP contribution < -0.4 is 5.32 Å². The van der Waals surface area contributed by atoms with Gasteiger partial charge < -0.3 is 9.73 Å². The Balaban J connectivity index is 1.76. The molecule has 0 unspecified atom stereocenters. The van der Waals surface area contributed by atoms with E-state index in [4.69, 9.17) is 4.42 Å². The lowest BCUT2D eigenvalue weighted by atomic mass is 10.2. The number of nitrogens with zero attached hydrogens (tertiary/aromatic N) is 1. The number of carbonyl (C=O) groups is 1. The second kappa shape index (κ2) is 8.41. The van der Waals surface area contributed by atoms with Crippen molar-refractivity contribution >= 4 is 43.6 Å². The van der Waals surface area contributed by atoms with Gasteiger partial charge >= 0.3 is 0 Å². The Labute approximate surface area is 167 Å². The van der Waals surface area contributed by atoms with Crippen molar-refractivity contribution in [2.45, 2.75) is 31.1 Å². The third-order valence-corrected chi connectivity index (χ3v) is 6.73. The topological polar surface area (TPSA) is 79.6 Å². The van der Waals surface area contributed by atoms with Crippen LogP contribution in [0.2, 0.25) is 0 Å². The quantitative estimate of drug-likeness (QED) is 0.689. The van der Waals surface area contributed by atoms with E-state index in [1.165, 1.54) is 16.4 Å². The van der Waals surface area contributed by atoms with Crippen molar-refractivity contribution in [2.75, 3.05) is 18.4 Å².